The van der Waals surface area contributed by atoms with Gasteiger partial charge in [0.05, 0.1) is 6.42 Å². The van der Waals surface area contributed by atoms with Gasteiger partial charge in [-0.15, -0.1) is 0 Å². The average molecular weight is 222 g/mol. The van der Waals surface area contributed by atoms with Gasteiger partial charge in [0.15, 0.2) is 5.78 Å². The first-order chi connectivity index (χ1) is 7.63. The molecule has 1 rings (SSSR count). The highest BCUT2D eigenvalue weighted by atomic mass is 16.4. The maximum Gasteiger partial charge on any atom is 0.303 e. The first kappa shape index (κ1) is 12.4. The van der Waals surface area contributed by atoms with E-state index in [0.717, 1.165) is 5.56 Å². The minimum absolute atomic E-state index is 0.0225. The van der Waals surface area contributed by atoms with Gasteiger partial charge in [-0.3, -0.25) is 9.59 Å². The van der Waals surface area contributed by atoms with Crippen LogP contribution in [0.15, 0.2) is 24.3 Å². The Morgan fingerprint density at radius 1 is 1.06 bits per heavy atom. The van der Waals surface area contributed by atoms with Gasteiger partial charge < -0.3 is 10.2 Å². The van der Waals surface area contributed by atoms with Crippen LogP contribution in [0.1, 0.15) is 28.8 Å². The second kappa shape index (κ2) is 6.02. The third kappa shape index (κ3) is 3.82. The number of hydrogen-bond donors (Lipinski definition) is 2. The van der Waals surface area contributed by atoms with Gasteiger partial charge >= 0.3 is 5.97 Å². The molecule has 0 saturated heterocycles. The van der Waals surface area contributed by atoms with Crippen molar-refractivity contribution in [3.63, 3.8) is 0 Å². The van der Waals surface area contributed by atoms with Crippen LogP contribution in [0, 0.1) is 0 Å². The van der Waals surface area contributed by atoms with Gasteiger partial charge in [0.1, 0.15) is 0 Å². The van der Waals surface area contributed by atoms with E-state index < -0.39 is 5.97 Å². The molecule has 0 saturated carbocycles. The first-order valence-corrected chi connectivity index (χ1v) is 5.08. The fourth-order valence-electron chi connectivity index (χ4n) is 1.35. The average Bonchev–Trinajstić information content (AvgIpc) is 2.27. The lowest BCUT2D eigenvalue weighted by Crippen LogP contribution is -2.04. The third-order valence-electron chi connectivity index (χ3n) is 2.24. The Morgan fingerprint density at radius 2 is 1.69 bits per heavy atom. The molecule has 0 amide bonds. The van der Waals surface area contributed by atoms with Crippen molar-refractivity contribution in [1.82, 2.24) is 0 Å². The second-order valence-electron chi connectivity index (χ2n) is 3.49. The van der Waals surface area contributed by atoms with Crippen LogP contribution in [0.2, 0.25) is 0 Å². The normalized spacial score (nSPS) is 10.1. The quantitative estimate of drug-likeness (QED) is 0.711. The smallest absolute Gasteiger partial charge is 0.303 e. The molecule has 2 N–H and O–H groups in total. The number of aliphatic carboxylic acids is 1. The number of rotatable bonds is 6. The maximum atomic E-state index is 11.5. The number of carbonyl (C=O) groups excluding carboxylic acids is 1. The molecule has 16 heavy (non-hydrogen) atoms. The van der Waals surface area contributed by atoms with Crippen molar-refractivity contribution in [1.29, 1.82) is 0 Å². The number of hydrogen-bond acceptors (Lipinski definition) is 3. The summed E-state index contributed by atoms with van der Waals surface area (Å²) in [7, 11) is 0. The lowest BCUT2D eigenvalue weighted by Gasteiger charge is -2.01. The highest BCUT2D eigenvalue weighted by molar-refractivity contribution is 5.97. The van der Waals surface area contributed by atoms with E-state index in [-0.39, 0.29) is 25.2 Å². The Labute approximate surface area is 93.5 Å². The summed E-state index contributed by atoms with van der Waals surface area (Å²) in [6.07, 6.45) is 0.440. The molecule has 1 aromatic carbocycles. The molecule has 0 aliphatic carbocycles. The van der Waals surface area contributed by atoms with Crippen molar-refractivity contribution in [2.45, 2.75) is 19.3 Å². The van der Waals surface area contributed by atoms with E-state index in [1.165, 1.54) is 0 Å². The number of benzene rings is 1. The van der Waals surface area contributed by atoms with Gasteiger partial charge in [0.2, 0.25) is 0 Å². The number of carbonyl (C=O) groups is 2. The number of carboxylic acids is 1. The fourth-order valence-corrected chi connectivity index (χ4v) is 1.35. The molecule has 0 fully saturated rings. The Balaban J connectivity index is 2.59. The van der Waals surface area contributed by atoms with Gasteiger partial charge in [0.25, 0.3) is 0 Å². The summed E-state index contributed by atoms with van der Waals surface area (Å²) in [5.41, 5.74) is 1.47. The van der Waals surface area contributed by atoms with Gasteiger partial charge in [-0.1, -0.05) is 24.3 Å². The molecule has 0 aromatic heterocycles. The first-order valence-electron chi connectivity index (χ1n) is 5.08. The fraction of sp³-hybridized carbons (Fsp3) is 0.333. The van der Waals surface area contributed by atoms with Crippen LogP contribution in [0.25, 0.3) is 0 Å². The molecule has 0 bridgehead atoms. The van der Waals surface area contributed by atoms with Crippen molar-refractivity contribution >= 4 is 11.8 Å². The molecule has 0 heterocycles. The van der Waals surface area contributed by atoms with Gasteiger partial charge in [-0.25, -0.2) is 0 Å². The van der Waals surface area contributed by atoms with Crippen molar-refractivity contribution < 1.29 is 19.8 Å². The molecule has 4 nitrogen and oxygen atoms in total. The summed E-state index contributed by atoms with van der Waals surface area (Å²) in [6, 6.07) is 6.86. The molecular weight excluding hydrogens is 208 g/mol. The maximum absolute atomic E-state index is 11.5. The highest BCUT2D eigenvalue weighted by Gasteiger charge is 2.07. The molecular formula is C12H14O4. The zero-order chi connectivity index (χ0) is 12.0. The van der Waals surface area contributed by atoms with Crippen LogP contribution in [0.5, 0.6) is 0 Å². The number of Topliss-reactive ketones (excluding diaryl/α,β-unsaturated/α-hetero) is 1. The van der Waals surface area contributed by atoms with Gasteiger partial charge in [-0.2, -0.15) is 0 Å². The van der Waals surface area contributed by atoms with Crippen molar-refractivity contribution in [3.05, 3.63) is 35.4 Å². The molecule has 0 spiro atoms. The minimum Gasteiger partial charge on any atom is -0.481 e. The van der Waals surface area contributed by atoms with E-state index in [2.05, 4.69) is 0 Å². The summed E-state index contributed by atoms with van der Waals surface area (Å²) in [5, 5.41) is 17.2. The molecule has 86 valence electrons. The van der Waals surface area contributed by atoms with Crippen molar-refractivity contribution in [2.24, 2.45) is 0 Å². The molecule has 1 aromatic rings. The lowest BCUT2D eigenvalue weighted by molar-refractivity contribution is -0.136. The predicted molar refractivity (Wildman–Crippen MR) is 58.4 cm³/mol. The highest BCUT2D eigenvalue weighted by Crippen LogP contribution is 2.08. The van der Waals surface area contributed by atoms with Crippen molar-refractivity contribution in [3.8, 4) is 0 Å². The summed E-state index contributed by atoms with van der Waals surface area (Å²) < 4.78 is 0. The standard InChI is InChI=1S/C12H14O4/c13-8-7-9-1-3-10(4-2-9)11(14)5-6-12(15)16/h1-4,13H,5-8H2,(H,15,16). The van der Waals surface area contributed by atoms with E-state index in [0.29, 0.717) is 12.0 Å². The zero-order valence-corrected chi connectivity index (χ0v) is 8.85. The SMILES string of the molecule is O=C(O)CCC(=O)c1ccc(CCO)cc1. The molecule has 0 atom stereocenters. The van der Waals surface area contributed by atoms with E-state index in [9.17, 15) is 9.59 Å². The van der Waals surface area contributed by atoms with Crippen LogP contribution in [-0.2, 0) is 11.2 Å². The summed E-state index contributed by atoms with van der Waals surface area (Å²) in [4.78, 5) is 21.8. The number of aliphatic hydroxyl groups excluding tert-OH is 1. The Morgan fingerprint density at radius 3 is 2.19 bits per heavy atom. The van der Waals surface area contributed by atoms with Crippen LogP contribution < -0.4 is 0 Å². The predicted octanol–water partition coefficient (Wildman–Crippen LogP) is 1.27. The van der Waals surface area contributed by atoms with E-state index in [4.69, 9.17) is 10.2 Å². The van der Waals surface area contributed by atoms with Crippen LogP contribution in [0.4, 0.5) is 0 Å². The van der Waals surface area contributed by atoms with E-state index in [1.54, 1.807) is 24.3 Å². The zero-order valence-electron chi connectivity index (χ0n) is 8.85. The Hall–Kier alpha value is -1.68. The third-order valence-corrected chi connectivity index (χ3v) is 2.24. The van der Waals surface area contributed by atoms with Crippen LogP contribution >= 0.6 is 0 Å². The summed E-state index contributed by atoms with van der Waals surface area (Å²) >= 11 is 0. The molecule has 0 aliphatic rings. The number of ketones is 1. The Kier molecular flexibility index (Phi) is 4.66. The molecule has 4 heteroatoms. The van der Waals surface area contributed by atoms with E-state index >= 15 is 0 Å². The second-order valence-corrected chi connectivity index (χ2v) is 3.49. The van der Waals surface area contributed by atoms with Crippen LogP contribution in [0.3, 0.4) is 0 Å². The molecule has 0 aliphatic heterocycles. The van der Waals surface area contributed by atoms with Crippen molar-refractivity contribution in [2.75, 3.05) is 6.61 Å². The number of aliphatic hydroxyl groups is 1. The van der Waals surface area contributed by atoms with Gasteiger partial charge in [-0.05, 0) is 12.0 Å². The van der Waals surface area contributed by atoms with Gasteiger partial charge in [0, 0.05) is 18.6 Å². The summed E-state index contributed by atoms with van der Waals surface area (Å²) in [6.45, 7) is 0.0757. The molecule has 0 unspecified atom stereocenters. The van der Waals surface area contributed by atoms with Crippen LogP contribution in [-0.4, -0.2) is 28.6 Å². The Bertz CT molecular complexity index is 367. The topological polar surface area (TPSA) is 74.6 Å². The minimum atomic E-state index is -0.967. The lowest BCUT2D eigenvalue weighted by atomic mass is 10.0. The molecule has 0 radical (unpaired) electrons. The van der Waals surface area contributed by atoms with E-state index in [1.807, 2.05) is 0 Å². The largest absolute Gasteiger partial charge is 0.481 e. The monoisotopic (exact) mass is 222 g/mol. The number of carboxylic acid groups (broad SMARTS) is 1. The summed E-state index contributed by atoms with van der Waals surface area (Å²) in [5.74, 6) is -1.14.